The Morgan fingerprint density at radius 2 is 1.86 bits per heavy atom. The van der Waals surface area contributed by atoms with E-state index in [1.165, 1.54) is 16.0 Å². The number of nitrogens with one attached hydrogen (secondary N) is 1. The number of hydrogen-bond acceptors (Lipinski definition) is 7. The lowest BCUT2D eigenvalue weighted by molar-refractivity contribution is 0.249. The van der Waals surface area contributed by atoms with Crippen LogP contribution in [0, 0.1) is 0 Å². The fourth-order valence-electron chi connectivity index (χ4n) is 4.79. The van der Waals surface area contributed by atoms with Crippen molar-refractivity contribution in [3.63, 3.8) is 0 Å². The van der Waals surface area contributed by atoms with Gasteiger partial charge in [-0.05, 0) is 47.4 Å². The molecule has 0 atom stereocenters. The van der Waals surface area contributed by atoms with E-state index in [2.05, 4.69) is 45.5 Å². The summed E-state index contributed by atoms with van der Waals surface area (Å²) in [7, 11) is 1.62. The van der Waals surface area contributed by atoms with Crippen LogP contribution in [-0.2, 0) is 26.1 Å². The Hall–Kier alpha value is -3.52. The van der Waals surface area contributed by atoms with Crippen LogP contribution in [0.1, 0.15) is 21.6 Å². The molecule has 37 heavy (non-hydrogen) atoms. The highest BCUT2D eigenvalue weighted by molar-refractivity contribution is 7.19. The Balaban J connectivity index is 1.35. The fourth-order valence-corrected chi connectivity index (χ4v) is 6.33. The lowest BCUT2D eigenvalue weighted by Gasteiger charge is -2.27. The largest absolute Gasteiger partial charge is 0.495 e. The number of nitrogens with zero attached hydrogens (tertiary/aromatic N) is 4. The quantitative estimate of drug-likeness (QED) is 0.258. The molecule has 1 aliphatic heterocycles. The molecule has 1 N–H and O–H groups in total. The van der Waals surface area contributed by atoms with Gasteiger partial charge in [-0.25, -0.2) is 9.97 Å². The molecule has 3 aromatic heterocycles. The van der Waals surface area contributed by atoms with Crippen LogP contribution in [-0.4, -0.2) is 33.5 Å². The fraction of sp³-hybridized carbons (Fsp3) is 0.207. The summed E-state index contributed by atoms with van der Waals surface area (Å²) in [6.07, 6.45) is 4.52. The van der Waals surface area contributed by atoms with Crippen molar-refractivity contribution >= 4 is 39.0 Å². The third-order valence-corrected chi connectivity index (χ3v) is 8.05. The van der Waals surface area contributed by atoms with Gasteiger partial charge in [-0.1, -0.05) is 48.0 Å². The molecule has 0 radical (unpaired) electrons. The molecular formula is C29H26ClN5OS. The average Bonchev–Trinajstić information content (AvgIpc) is 3.30. The summed E-state index contributed by atoms with van der Waals surface area (Å²) in [6.45, 7) is 3.47. The Kier molecular flexibility index (Phi) is 6.74. The van der Waals surface area contributed by atoms with Gasteiger partial charge in [-0.2, -0.15) is 0 Å². The number of hydrogen-bond donors (Lipinski definition) is 1. The Labute approximate surface area is 224 Å². The molecular weight excluding hydrogens is 502 g/mol. The molecule has 0 bridgehead atoms. The van der Waals surface area contributed by atoms with Crippen molar-refractivity contribution in [2.24, 2.45) is 0 Å². The van der Waals surface area contributed by atoms with Gasteiger partial charge in [-0.15, -0.1) is 11.3 Å². The first-order chi connectivity index (χ1) is 18.2. The van der Waals surface area contributed by atoms with E-state index in [0.717, 1.165) is 53.2 Å². The Bertz CT molecular complexity index is 1540. The second kappa shape index (κ2) is 10.5. The van der Waals surface area contributed by atoms with E-state index in [1.54, 1.807) is 30.8 Å². The van der Waals surface area contributed by atoms with Crippen molar-refractivity contribution in [1.29, 1.82) is 0 Å². The molecule has 0 aliphatic carbocycles. The molecule has 5 aromatic rings. The van der Waals surface area contributed by atoms with Gasteiger partial charge in [0.15, 0.2) is 5.82 Å². The van der Waals surface area contributed by atoms with Gasteiger partial charge >= 0.3 is 0 Å². The molecule has 0 saturated carbocycles. The highest BCUT2D eigenvalue weighted by atomic mass is 35.5. The lowest BCUT2D eigenvalue weighted by atomic mass is 10.0. The molecule has 8 heteroatoms. The molecule has 6 rings (SSSR count). The van der Waals surface area contributed by atoms with Crippen LogP contribution in [0.2, 0.25) is 5.02 Å². The number of pyridine rings is 1. The van der Waals surface area contributed by atoms with Crippen LogP contribution in [0.15, 0.2) is 73.1 Å². The molecule has 0 amide bonds. The van der Waals surface area contributed by atoms with Crippen molar-refractivity contribution in [2.75, 3.05) is 19.0 Å². The van der Waals surface area contributed by atoms with E-state index >= 15 is 0 Å². The second-order valence-electron chi connectivity index (χ2n) is 9.08. The van der Waals surface area contributed by atoms with Crippen molar-refractivity contribution < 1.29 is 4.74 Å². The summed E-state index contributed by atoms with van der Waals surface area (Å²) < 4.78 is 5.30. The lowest BCUT2D eigenvalue weighted by Crippen LogP contribution is -2.29. The highest BCUT2D eigenvalue weighted by Gasteiger charge is 2.25. The van der Waals surface area contributed by atoms with Crippen LogP contribution in [0.25, 0.3) is 21.6 Å². The zero-order valence-corrected chi connectivity index (χ0v) is 22.0. The van der Waals surface area contributed by atoms with Crippen molar-refractivity contribution in [3.8, 4) is 17.1 Å². The number of ether oxygens (including phenoxy) is 1. The van der Waals surface area contributed by atoms with E-state index < -0.39 is 0 Å². The second-order valence-corrected chi connectivity index (χ2v) is 10.6. The van der Waals surface area contributed by atoms with Gasteiger partial charge < -0.3 is 10.1 Å². The number of halogens is 1. The third-order valence-electron chi connectivity index (χ3n) is 6.64. The molecule has 2 aromatic carbocycles. The topological polar surface area (TPSA) is 63.2 Å². The van der Waals surface area contributed by atoms with Crippen LogP contribution < -0.4 is 10.1 Å². The Morgan fingerprint density at radius 1 is 1.03 bits per heavy atom. The predicted molar refractivity (Wildman–Crippen MR) is 150 cm³/mol. The standard InChI is InChI=1S/C29H26ClN5OS/c1-36-24-8-7-20(15-23(24)30)16-32-28-26-22-11-14-35(17-19-5-3-2-4-6-19)18-25(22)37-29(26)34-27(33-28)21-9-12-31-13-10-21/h2-10,12-13,15H,11,14,16-18H2,1H3,(H,32,33,34). The van der Waals surface area contributed by atoms with Crippen LogP contribution >= 0.6 is 22.9 Å². The average molecular weight is 528 g/mol. The van der Waals surface area contributed by atoms with Crippen molar-refractivity contribution in [1.82, 2.24) is 19.9 Å². The number of aromatic nitrogens is 3. The van der Waals surface area contributed by atoms with E-state index in [9.17, 15) is 0 Å². The number of anilines is 1. The van der Waals surface area contributed by atoms with Crippen LogP contribution in [0.4, 0.5) is 5.82 Å². The predicted octanol–water partition coefficient (Wildman–Crippen LogP) is 6.59. The van der Waals surface area contributed by atoms with Crippen molar-refractivity contribution in [3.05, 3.63) is 99.6 Å². The number of methoxy groups -OCH3 is 1. The van der Waals surface area contributed by atoms with E-state index in [0.29, 0.717) is 23.1 Å². The Morgan fingerprint density at radius 3 is 2.65 bits per heavy atom. The summed E-state index contributed by atoms with van der Waals surface area (Å²) in [4.78, 5) is 19.0. The van der Waals surface area contributed by atoms with E-state index in [-0.39, 0.29) is 0 Å². The minimum Gasteiger partial charge on any atom is -0.495 e. The van der Waals surface area contributed by atoms with E-state index in [1.807, 2.05) is 30.3 Å². The molecule has 186 valence electrons. The molecule has 0 saturated heterocycles. The minimum absolute atomic E-state index is 0.594. The van der Waals surface area contributed by atoms with Crippen LogP contribution in [0.5, 0.6) is 5.75 Å². The first-order valence-corrected chi connectivity index (χ1v) is 13.4. The molecule has 4 heterocycles. The summed E-state index contributed by atoms with van der Waals surface area (Å²) >= 11 is 8.15. The number of fused-ring (bicyclic) bond motifs is 3. The van der Waals surface area contributed by atoms with Gasteiger partial charge in [0, 0.05) is 49.0 Å². The highest BCUT2D eigenvalue weighted by Crippen LogP contribution is 2.39. The molecule has 0 spiro atoms. The first-order valence-electron chi connectivity index (χ1n) is 12.2. The maximum absolute atomic E-state index is 6.37. The summed E-state index contributed by atoms with van der Waals surface area (Å²) in [5, 5.41) is 5.32. The van der Waals surface area contributed by atoms with Gasteiger partial charge in [0.25, 0.3) is 0 Å². The summed E-state index contributed by atoms with van der Waals surface area (Å²) in [5.41, 5.74) is 4.71. The zero-order chi connectivity index (χ0) is 25.2. The van der Waals surface area contributed by atoms with E-state index in [4.69, 9.17) is 26.3 Å². The molecule has 1 aliphatic rings. The minimum atomic E-state index is 0.594. The maximum atomic E-state index is 6.37. The van der Waals surface area contributed by atoms with Gasteiger partial charge in [-0.3, -0.25) is 9.88 Å². The number of benzene rings is 2. The third kappa shape index (κ3) is 5.03. The molecule has 0 fully saturated rings. The smallest absolute Gasteiger partial charge is 0.163 e. The number of rotatable bonds is 7. The van der Waals surface area contributed by atoms with Gasteiger partial charge in [0.05, 0.1) is 17.5 Å². The van der Waals surface area contributed by atoms with Crippen molar-refractivity contribution in [2.45, 2.75) is 26.1 Å². The normalized spacial score (nSPS) is 13.5. The van der Waals surface area contributed by atoms with Crippen LogP contribution in [0.3, 0.4) is 0 Å². The monoisotopic (exact) mass is 527 g/mol. The molecule has 6 nitrogen and oxygen atoms in total. The molecule has 0 unspecified atom stereocenters. The van der Waals surface area contributed by atoms with Gasteiger partial charge in [0.2, 0.25) is 0 Å². The first kappa shape index (κ1) is 23.9. The summed E-state index contributed by atoms with van der Waals surface area (Å²) in [6, 6.07) is 20.4. The van der Waals surface area contributed by atoms with Gasteiger partial charge in [0.1, 0.15) is 16.4 Å². The maximum Gasteiger partial charge on any atom is 0.163 e. The summed E-state index contributed by atoms with van der Waals surface area (Å²) in [5.74, 6) is 2.23. The SMILES string of the molecule is COc1ccc(CNc2nc(-c3ccncc3)nc3sc4c(c23)CCN(Cc2ccccc2)C4)cc1Cl. The zero-order valence-electron chi connectivity index (χ0n) is 20.4. The number of thiophene rings is 1.